The van der Waals surface area contributed by atoms with E-state index in [0.29, 0.717) is 11.3 Å². The molecule has 2 rings (SSSR count). The topological polar surface area (TPSA) is 64.4 Å². The van der Waals surface area contributed by atoms with Crippen LogP contribution in [-0.4, -0.2) is 24.7 Å². The van der Waals surface area contributed by atoms with Crippen molar-refractivity contribution in [2.24, 2.45) is 0 Å². The molecular weight excluding hydrogens is 301 g/mol. The van der Waals surface area contributed by atoms with Gasteiger partial charge in [0.05, 0.1) is 11.3 Å². The van der Waals surface area contributed by atoms with Crippen molar-refractivity contribution in [3.63, 3.8) is 0 Å². The monoisotopic (exact) mass is 314 g/mol. The number of halogens is 3. The summed E-state index contributed by atoms with van der Waals surface area (Å²) in [7, 11) is 1.42. The zero-order valence-electron chi connectivity index (χ0n) is 11.8. The molecule has 0 radical (unpaired) electrons. The summed E-state index contributed by atoms with van der Waals surface area (Å²) in [5, 5.41) is 2.44. The zero-order valence-corrected chi connectivity index (χ0v) is 11.8. The maximum atomic E-state index is 12.5. The van der Waals surface area contributed by atoms with Crippen LogP contribution in [0.25, 0.3) is 11.5 Å². The molecule has 1 N–H and O–H groups in total. The van der Waals surface area contributed by atoms with E-state index in [2.05, 4.69) is 10.3 Å². The molecule has 0 saturated carbocycles. The van der Waals surface area contributed by atoms with Crippen LogP contribution >= 0.6 is 0 Å². The van der Waals surface area contributed by atoms with Gasteiger partial charge in [0.25, 0.3) is 5.91 Å². The molecule has 0 aliphatic heterocycles. The Balaban J connectivity index is 2.25. The van der Waals surface area contributed by atoms with E-state index in [9.17, 15) is 18.0 Å². The fourth-order valence-corrected chi connectivity index (χ4v) is 1.75. The highest BCUT2D eigenvalue weighted by Crippen LogP contribution is 2.31. The van der Waals surface area contributed by atoms with E-state index in [0.717, 1.165) is 12.1 Å². The van der Waals surface area contributed by atoms with Gasteiger partial charge in [-0.2, -0.15) is 13.2 Å². The summed E-state index contributed by atoms with van der Waals surface area (Å²) >= 11 is 0. The van der Waals surface area contributed by atoms with Crippen molar-refractivity contribution < 1.29 is 27.1 Å². The molecule has 0 atom stereocenters. The molecule has 0 fully saturated rings. The Morgan fingerprint density at radius 2 is 1.95 bits per heavy atom. The Hall–Kier alpha value is -2.35. The summed E-state index contributed by atoms with van der Waals surface area (Å²) in [6.45, 7) is 1.58. The van der Waals surface area contributed by atoms with Crippen molar-refractivity contribution in [2.75, 3.05) is 13.8 Å². The maximum absolute atomic E-state index is 12.5. The van der Waals surface area contributed by atoms with Gasteiger partial charge in [0.1, 0.15) is 6.73 Å². The highest BCUT2D eigenvalue weighted by molar-refractivity contribution is 5.92. The largest absolute Gasteiger partial charge is 0.431 e. The van der Waals surface area contributed by atoms with E-state index in [4.69, 9.17) is 9.15 Å². The third-order valence-electron chi connectivity index (χ3n) is 2.84. The smallest absolute Gasteiger partial charge is 0.416 e. The summed E-state index contributed by atoms with van der Waals surface area (Å²) < 4.78 is 47.6. The number of nitrogens with zero attached hydrogens (tertiary/aromatic N) is 1. The lowest BCUT2D eigenvalue weighted by Gasteiger charge is -2.06. The Labute approximate surface area is 124 Å². The van der Waals surface area contributed by atoms with E-state index in [1.807, 2.05) is 0 Å². The first-order chi connectivity index (χ1) is 10.3. The van der Waals surface area contributed by atoms with Crippen molar-refractivity contribution in [3.8, 4) is 11.5 Å². The van der Waals surface area contributed by atoms with E-state index in [-0.39, 0.29) is 18.4 Å². The number of benzene rings is 1. The van der Waals surface area contributed by atoms with E-state index >= 15 is 0 Å². The van der Waals surface area contributed by atoms with Gasteiger partial charge in [-0.1, -0.05) is 0 Å². The fourth-order valence-electron chi connectivity index (χ4n) is 1.75. The molecule has 2 aromatic rings. The second-order valence-electron chi connectivity index (χ2n) is 4.45. The molecular formula is C14H13F3N2O3. The van der Waals surface area contributed by atoms with Crippen molar-refractivity contribution >= 4 is 5.91 Å². The molecule has 0 bridgehead atoms. The van der Waals surface area contributed by atoms with Gasteiger partial charge in [-0.3, -0.25) is 4.79 Å². The van der Waals surface area contributed by atoms with Crippen LogP contribution in [0.3, 0.4) is 0 Å². The van der Waals surface area contributed by atoms with E-state index in [1.165, 1.54) is 19.2 Å². The summed E-state index contributed by atoms with van der Waals surface area (Å²) in [5.41, 5.74) is -0.0806. The van der Waals surface area contributed by atoms with E-state index in [1.54, 1.807) is 6.92 Å². The maximum Gasteiger partial charge on any atom is 0.416 e. The van der Waals surface area contributed by atoms with E-state index < -0.39 is 17.6 Å². The highest BCUT2D eigenvalue weighted by atomic mass is 19.4. The van der Waals surface area contributed by atoms with Gasteiger partial charge in [0, 0.05) is 12.7 Å². The molecule has 0 aliphatic carbocycles. The summed E-state index contributed by atoms with van der Waals surface area (Å²) in [5.74, 6) is -0.439. The lowest BCUT2D eigenvalue weighted by atomic mass is 10.1. The molecule has 118 valence electrons. The first-order valence-corrected chi connectivity index (χ1v) is 6.25. The number of amides is 1. The third kappa shape index (κ3) is 3.45. The Morgan fingerprint density at radius 3 is 2.50 bits per heavy atom. The Kier molecular flexibility index (Phi) is 4.51. The number of rotatable bonds is 4. The van der Waals surface area contributed by atoms with Gasteiger partial charge < -0.3 is 14.5 Å². The molecule has 22 heavy (non-hydrogen) atoms. The quantitative estimate of drug-likeness (QED) is 0.881. The second-order valence-corrected chi connectivity index (χ2v) is 4.45. The van der Waals surface area contributed by atoms with Crippen LogP contribution in [0.1, 0.15) is 21.8 Å². The number of carbonyl (C=O) groups is 1. The number of nitrogens with one attached hydrogen (secondary N) is 1. The molecule has 0 spiro atoms. The molecule has 0 saturated heterocycles. The average molecular weight is 314 g/mol. The minimum atomic E-state index is -4.41. The van der Waals surface area contributed by atoms with Crippen LogP contribution in [0.5, 0.6) is 0 Å². The lowest BCUT2D eigenvalue weighted by Crippen LogP contribution is -2.25. The van der Waals surface area contributed by atoms with Crippen LogP contribution in [0.2, 0.25) is 0 Å². The number of alkyl halides is 3. The minimum absolute atomic E-state index is 0.00746. The minimum Gasteiger partial charge on any atom is -0.431 e. The normalized spacial score (nSPS) is 11.5. The van der Waals surface area contributed by atoms with Crippen LogP contribution in [-0.2, 0) is 10.9 Å². The van der Waals surface area contributed by atoms with Crippen molar-refractivity contribution in [1.82, 2.24) is 10.3 Å². The van der Waals surface area contributed by atoms with Crippen molar-refractivity contribution in [1.29, 1.82) is 0 Å². The fraction of sp³-hybridized carbons (Fsp3) is 0.286. The van der Waals surface area contributed by atoms with Gasteiger partial charge in [0.2, 0.25) is 11.7 Å². The summed E-state index contributed by atoms with van der Waals surface area (Å²) in [6.07, 6.45) is -4.41. The van der Waals surface area contributed by atoms with Crippen LogP contribution in [0, 0.1) is 6.92 Å². The molecule has 1 amide bonds. The third-order valence-corrected chi connectivity index (χ3v) is 2.84. The van der Waals surface area contributed by atoms with Crippen LogP contribution in [0.4, 0.5) is 13.2 Å². The zero-order chi connectivity index (χ0) is 16.3. The summed E-state index contributed by atoms with van der Waals surface area (Å²) in [6, 6.07) is 4.34. The van der Waals surface area contributed by atoms with Crippen molar-refractivity contribution in [3.05, 3.63) is 41.3 Å². The number of ether oxygens (including phenoxy) is 1. The van der Waals surface area contributed by atoms with Gasteiger partial charge in [-0.05, 0) is 31.2 Å². The molecule has 5 nitrogen and oxygen atoms in total. The number of hydrogen-bond acceptors (Lipinski definition) is 4. The molecule has 1 heterocycles. The van der Waals surface area contributed by atoms with Gasteiger partial charge in [-0.25, -0.2) is 4.98 Å². The SMILES string of the molecule is COCNC(=O)c1oc(-c2ccc(C(F)(F)F)cc2)nc1C. The predicted molar refractivity (Wildman–Crippen MR) is 71.0 cm³/mol. The first kappa shape index (κ1) is 16.0. The van der Waals surface area contributed by atoms with Gasteiger partial charge in [-0.15, -0.1) is 0 Å². The average Bonchev–Trinajstić information content (AvgIpc) is 2.86. The molecule has 8 heteroatoms. The van der Waals surface area contributed by atoms with Gasteiger partial charge in [0.15, 0.2) is 0 Å². The number of carbonyl (C=O) groups excluding carboxylic acids is 1. The van der Waals surface area contributed by atoms with Crippen LogP contribution < -0.4 is 5.32 Å². The molecule has 1 aromatic carbocycles. The number of aromatic nitrogens is 1. The molecule has 0 unspecified atom stereocenters. The number of hydrogen-bond donors (Lipinski definition) is 1. The Morgan fingerprint density at radius 1 is 1.32 bits per heavy atom. The number of oxazole rings is 1. The Bertz CT molecular complexity index is 663. The second kappa shape index (κ2) is 6.18. The van der Waals surface area contributed by atoms with Crippen LogP contribution in [0.15, 0.2) is 28.7 Å². The number of aryl methyl sites for hydroxylation is 1. The summed E-state index contributed by atoms with van der Waals surface area (Å²) in [4.78, 5) is 15.8. The predicted octanol–water partition coefficient (Wildman–Crippen LogP) is 3.00. The lowest BCUT2D eigenvalue weighted by molar-refractivity contribution is -0.137. The standard InChI is InChI=1S/C14H13F3N2O3/c1-8-11(12(20)18-7-21-2)22-13(19-8)9-3-5-10(6-4-9)14(15,16)17/h3-6H,7H2,1-2H3,(H,18,20). The molecule has 1 aromatic heterocycles. The first-order valence-electron chi connectivity index (χ1n) is 6.25. The van der Waals surface area contributed by atoms with Crippen molar-refractivity contribution in [2.45, 2.75) is 13.1 Å². The van der Waals surface area contributed by atoms with Gasteiger partial charge >= 0.3 is 6.18 Å². The number of methoxy groups -OCH3 is 1. The molecule has 0 aliphatic rings. The highest BCUT2D eigenvalue weighted by Gasteiger charge is 2.30.